The maximum absolute atomic E-state index is 12.4. The fraction of sp³-hybridized carbons (Fsp3) is 0.611. The van der Waals surface area contributed by atoms with Crippen molar-refractivity contribution >= 4 is 23.4 Å². The fourth-order valence-electron chi connectivity index (χ4n) is 3.26. The third-order valence-corrected chi connectivity index (χ3v) is 5.92. The van der Waals surface area contributed by atoms with Gasteiger partial charge in [0.1, 0.15) is 0 Å². The molecule has 1 saturated carbocycles. The minimum absolute atomic E-state index is 0.180. The van der Waals surface area contributed by atoms with E-state index in [1.807, 2.05) is 23.9 Å². The molecule has 1 aromatic rings. The summed E-state index contributed by atoms with van der Waals surface area (Å²) < 4.78 is 5.41. The van der Waals surface area contributed by atoms with Gasteiger partial charge >= 0.3 is 0 Å². The SMILES string of the molecule is CN(C)CCSc1ccc(NC(=O)[C@H]2CC23CCOCC3)cc1. The Hall–Kier alpha value is -1.04. The Balaban J connectivity index is 1.48. The number of hydrogen-bond acceptors (Lipinski definition) is 4. The van der Waals surface area contributed by atoms with Crippen molar-refractivity contribution in [3.8, 4) is 0 Å². The molecule has 0 bridgehead atoms. The molecule has 0 aromatic heterocycles. The summed E-state index contributed by atoms with van der Waals surface area (Å²) in [4.78, 5) is 15.8. The molecule has 1 aliphatic heterocycles. The number of hydrogen-bond donors (Lipinski definition) is 1. The molecular formula is C18H26N2O2S. The predicted octanol–water partition coefficient (Wildman–Crippen LogP) is 3.10. The molecule has 126 valence electrons. The van der Waals surface area contributed by atoms with Gasteiger partial charge in [-0.05, 0) is 63.0 Å². The molecule has 23 heavy (non-hydrogen) atoms. The Labute approximate surface area is 143 Å². The van der Waals surface area contributed by atoms with Crippen molar-refractivity contribution in [2.24, 2.45) is 11.3 Å². The van der Waals surface area contributed by atoms with E-state index in [1.165, 1.54) is 4.90 Å². The molecule has 1 atom stereocenters. The smallest absolute Gasteiger partial charge is 0.228 e. The van der Waals surface area contributed by atoms with E-state index in [4.69, 9.17) is 4.74 Å². The second-order valence-electron chi connectivity index (χ2n) is 6.90. The van der Waals surface area contributed by atoms with Gasteiger partial charge in [-0.3, -0.25) is 4.79 Å². The molecule has 0 unspecified atom stereocenters. The van der Waals surface area contributed by atoms with E-state index in [-0.39, 0.29) is 17.2 Å². The maximum Gasteiger partial charge on any atom is 0.228 e. The van der Waals surface area contributed by atoms with Crippen LogP contribution >= 0.6 is 11.8 Å². The van der Waals surface area contributed by atoms with Gasteiger partial charge < -0.3 is 15.0 Å². The molecule has 5 heteroatoms. The number of anilines is 1. The summed E-state index contributed by atoms with van der Waals surface area (Å²) in [6.45, 7) is 2.68. The second-order valence-corrected chi connectivity index (χ2v) is 8.07. The molecule has 0 radical (unpaired) electrons. The molecule has 4 nitrogen and oxygen atoms in total. The molecule has 1 saturated heterocycles. The lowest BCUT2D eigenvalue weighted by atomic mass is 9.93. The topological polar surface area (TPSA) is 41.6 Å². The fourth-order valence-corrected chi connectivity index (χ4v) is 4.28. The standard InChI is InChI=1S/C18H26N2O2S/c1-20(2)9-12-23-15-5-3-14(4-6-15)19-17(21)16-13-18(16)7-10-22-11-8-18/h3-6,16H,7-13H2,1-2H3,(H,19,21)/t16-/m1/s1. The first kappa shape index (κ1) is 16.8. The zero-order valence-corrected chi connectivity index (χ0v) is 14.8. The molecular weight excluding hydrogens is 308 g/mol. The lowest BCUT2D eigenvalue weighted by Crippen LogP contribution is -2.24. The minimum Gasteiger partial charge on any atom is -0.381 e. The zero-order chi connectivity index (χ0) is 16.3. The number of carbonyl (C=O) groups excluding carboxylic acids is 1. The van der Waals surface area contributed by atoms with Crippen LogP contribution in [-0.4, -0.2) is 50.4 Å². The first-order valence-corrected chi connectivity index (χ1v) is 9.34. The zero-order valence-electron chi connectivity index (χ0n) is 14.0. The summed E-state index contributed by atoms with van der Waals surface area (Å²) in [5, 5.41) is 3.08. The summed E-state index contributed by atoms with van der Waals surface area (Å²) in [7, 11) is 4.17. The van der Waals surface area contributed by atoms with E-state index >= 15 is 0 Å². The average molecular weight is 334 g/mol. The third kappa shape index (κ3) is 4.28. The van der Waals surface area contributed by atoms with E-state index in [0.29, 0.717) is 0 Å². The molecule has 2 aliphatic rings. The van der Waals surface area contributed by atoms with Crippen LogP contribution in [0.3, 0.4) is 0 Å². The van der Waals surface area contributed by atoms with E-state index in [0.717, 1.165) is 50.5 Å². The highest BCUT2D eigenvalue weighted by atomic mass is 32.2. The number of carbonyl (C=O) groups is 1. The van der Waals surface area contributed by atoms with Gasteiger partial charge in [0.2, 0.25) is 5.91 Å². The summed E-state index contributed by atoms with van der Waals surface area (Å²) in [5.74, 6) is 1.44. The summed E-state index contributed by atoms with van der Waals surface area (Å²) >= 11 is 1.84. The van der Waals surface area contributed by atoms with E-state index < -0.39 is 0 Å². The van der Waals surface area contributed by atoms with Gasteiger partial charge in [-0.15, -0.1) is 11.8 Å². The number of rotatable bonds is 6. The van der Waals surface area contributed by atoms with Crippen molar-refractivity contribution in [3.05, 3.63) is 24.3 Å². The van der Waals surface area contributed by atoms with Gasteiger partial charge in [-0.25, -0.2) is 0 Å². The molecule has 2 fully saturated rings. The molecule has 1 aromatic carbocycles. The Morgan fingerprint density at radius 3 is 2.65 bits per heavy atom. The van der Waals surface area contributed by atoms with Crippen LogP contribution in [0.1, 0.15) is 19.3 Å². The van der Waals surface area contributed by atoms with Gasteiger partial charge in [-0.1, -0.05) is 0 Å². The van der Waals surface area contributed by atoms with Crippen molar-refractivity contribution in [1.82, 2.24) is 4.90 Å². The lowest BCUT2D eigenvalue weighted by molar-refractivity contribution is -0.118. The van der Waals surface area contributed by atoms with E-state index in [9.17, 15) is 4.79 Å². The van der Waals surface area contributed by atoms with Crippen molar-refractivity contribution in [3.63, 3.8) is 0 Å². The number of amides is 1. The van der Waals surface area contributed by atoms with Gasteiger partial charge in [0.15, 0.2) is 0 Å². The van der Waals surface area contributed by atoms with Crippen LogP contribution in [0.2, 0.25) is 0 Å². The summed E-state index contributed by atoms with van der Waals surface area (Å²) in [6.07, 6.45) is 3.10. The highest BCUT2D eigenvalue weighted by Crippen LogP contribution is 2.59. The Morgan fingerprint density at radius 2 is 2.00 bits per heavy atom. The number of nitrogens with one attached hydrogen (secondary N) is 1. The van der Waals surface area contributed by atoms with Crippen LogP contribution in [0.4, 0.5) is 5.69 Å². The van der Waals surface area contributed by atoms with Crippen LogP contribution in [-0.2, 0) is 9.53 Å². The van der Waals surface area contributed by atoms with Crippen LogP contribution in [0.15, 0.2) is 29.2 Å². The number of benzene rings is 1. The molecule has 3 rings (SSSR count). The van der Waals surface area contributed by atoms with Gasteiger partial charge in [0, 0.05) is 42.0 Å². The number of thioether (sulfide) groups is 1. The summed E-state index contributed by atoms with van der Waals surface area (Å²) in [5.41, 5.74) is 1.14. The van der Waals surface area contributed by atoms with Crippen molar-refractivity contribution in [1.29, 1.82) is 0 Å². The van der Waals surface area contributed by atoms with Crippen molar-refractivity contribution in [2.45, 2.75) is 24.2 Å². The number of ether oxygens (including phenoxy) is 1. The number of nitrogens with zero attached hydrogens (tertiary/aromatic N) is 1. The molecule has 1 aliphatic carbocycles. The molecule has 1 spiro atoms. The van der Waals surface area contributed by atoms with Gasteiger partial charge in [0.25, 0.3) is 0 Å². The Morgan fingerprint density at radius 1 is 1.30 bits per heavy atom. The quantitative estimate of drug-likeness (QED) is 0.812. The van der Waals surface area contributed by atoms with E-state index in [1.54, 1.807) is 0 Å². The average Bonchev–Trinajstić information content (AvgIpc) is 3.23. The van der Waals surface area contributed by atoms with Gasteiger partial charge in [-0.2, -0.15) is 0 Å². The van der Waals surface area contributed by atoms with Crippen LogP contribution in [0, 0.1) is 11.3 Å². The Kier molecular flexibility index (Phi) is 5.29. The van der Waals surface area contributed by atoms with Crippen molar-refractivity contribution < 1.29 is 9.53 Å². The monoisotopic (exact) mass is 334 g/mol. The lowest BCUT2D eigenvalue weighted by Gasteiger charge is -2.22. The molecule has 1 amide bonds. The minimum atomic E-state index is 0.180. The highest BCUT2D eigenvalue weighted by Gasteiger charge is 2.57. The van der Waals surface area contributed by atoms with Crippen LogP contribution < -0.4 is 5.32 Å². The second kappa shape index (κ2) is 7.24. The van der Waals surface area contributed by atoms with Crippen molar-refractivity contribution in [2.75, 3.05) is 44.9 Å². The first-order valence-electron chi connectivity index (χ1n) is 8.35. The largest absolute Gasteiger partial charge is 0.381 e. The summed E-state index contributed by atoms with van der Waals surface area (Å²) in [6, 6.07) is 8.20. The predicted molar refractivity (Wildman–Crippen MR) is 94.9 cm³/mol. The first-order chi connectivity index (χ1) is 11.1. The third-order valence-electron chi connectivity index (χ3n) is 4.92. The van der Waals surface area contributed by atoms with E-state index in [2.05, 4.69) is 36.4 Å². The molecule has 1 N–H and O–H groups in total. The maximum atomic E-state index is 12.4. The van der Waals surface area contributed by atoms with Crippen LogP contribution in [0.25, 0.3) is 0 Å². The Bertz CT molecular complexity index is 538. The normalized spacial score (nSPS) is 22.3. The molecule has 1 heterocycles. The highest BCUT2D eigenvalue weighted by molar-refractivity contribution is 7.99. The van der Waals surface area contributed by atoms with Crippen LogP contribution in [0.5, 0.6) is 0 Å². The van der Waals surface area contributed by atoms with Gasteiger partial charge in [0.05, 0.1) is 0 Å².